The van der Waals surface area contributed by atoms with Crippen LogP contribution in [0.15, 0.2) is 60.8 Å². The Morgan fingerprint density at radius 3 is 2.33 bits per heavy atom. The number of carboxylic acid groups (broad SMARTS) is 1. The Kier molecular flexibility index (Phi) is 8.71. The number of aromatic carboxylic acids is 1. The third kappa shape index (κ3) is 7.54. The van der Waals surface area contributed by atoms with Crippen molar-refractivity contribution in [1.29, 1.82) is 0 Å². The molecule has 8 heteroatoms. The van der Waals surface area contributed by atoms with E-state index in [1.165, 1.54) is 11.1 Å². The molecule has 0 aliphatic rings. The zero-order valence-electron chi connectivity index (χ0n) is 20.9. The number of halogens is 1. The molecule has 3 aromatic rings. The van der Waals surface area contributed by atoms with Crippen LogP contribution < -0.4 is 0 Å². The average Bonchev–Trinajstić information content (AvgIpc) is 2.81. The number of pyridine rings is 1. The minimum Gasteiger partial charge on any atom is -0.478 e. The van der Waals surface area contributed by atoms with Gasteiger partial charge in [0.25, 0.3) is 0 Å². The number of nitrogens with zero attached hydrogens (tertiary/aromatic N) is 2. The molecule has 1 heterocycles. The summed E-state index contributed by atoms with van der Waals surface area (Å²) in [6.07, 6.45) is 0.599. The fourth-order valence-electron chi connectivity index (χ4n) is 3.72. The van der Waals surface area contributed by atoms with Gasteiger partial charge in [0, 0.05) is 18.3 Å². The van der Waals surface area contributed by atoms with Gasteiger partial charge in [-0.1, -0.05) is 48.0 Å². The summed E-state index contributed by atoms with van der Waals surface area (Å²) in [4.78, 5) is 29.6. The fraction of sp³-hybridized carbons (Fsp3) is 0.321. The van der Waals surface area contributed by atoms with Crippen LogP contribution in [0.5, 0.6) is 0 Å². The highest BCUT2D eigenvalue weighted by Crippen LogP contribution is 2.25. The lowest BCUT2D eigenvalue weighted by atomic mass is 9.97. The van der Waals surface area contributed by atoms with Crippen molar-refractivity contribution in [2.24, 2.45) is 0 Å². The highest BCUT2D eigenvalue weighted by atomic mass is 35.5. The van der Waals surface area contributed by atoms with Crippen LogP contribution >= 0.6 is 11.6 Å². The van der Waals surface area contributed by atoms with E-state index >= 15 is 0 Å². The van der Waals surface area contributed by atoms with Crippen LogP contribution in [0.2, 0.25) is 5.15 Å². The molecular weight excluding hydrogens is 480 g/mol. The van der Waals surface area contributed by atoms with Crippen molar-refractivity contribution in [2.45, 2.75) is 45.8 Å². The molecule has 0 radical (unpaired) electrons. The number of amides is 1. The van der Waals surface area contributed by atoms with Gasteiger partial charge in [-0.2, -0.15) is 0 Å². The van der Waals surface area contributed by atoms with Gasteiger partial charge in [0.1, 0.15) is 10.8 Å². The molecule has 2 N–H and O–H groups in total. The molecule has 0 unspecified atom stereocenters. The molecule has 1 amide bonds. The number of benzene rings is 2. The first-order valence-corrected chi connectivity index (χ1v) is 12.0. The van der Waals surface area contributed by atoms with Gasteiger partial charge in [0.15, 0.2) is 0 Å². The monoisotopic (exact) mass is 510 g/mol. The molecule has 1 aromatic heterocycles. The standard InChI is InChI=1S/C28H31ClN2O5/c1-18-15-21(26(33)34)9-11-23(18)20-7-5-19(6-8-20)13-14-31(27(35)36-28(2,3)4)17-24(32)22-10-12-25(29)30-16-22/h5-12,15-16,24,32H,13-14,17H2,1-4H3,(H,33,34)/t24-/m0/s1. The lowest BCUT2D eigenvalue weighted by molar-refractivity contribution is 0.0146. The maximum atomic E-state index is 12.9. The van der Waals surface area contributed by atoms with Gasteiger partial charge < -0.3 is 19.8 Å². The Morgan fingerprint density at radius 1 is 1.08 bits per heavy atom. The van der Waals surface area contributed by atoms with Crippen LogP contribution in [0, 0.1) is 6.92 Å². The molecule has 2 aromatic carbocycles. The Bertz CT molecular complexity index is 1200. The van der Waals surface area contributed by atoms with Crippen LogP contribution in [0.3, 0.4) is 0 Å². The second-order valence-electron chi connectivity index (χ2n) is 9.64. The number of ether oxygens (including phenoxy) is 1. The zero-order valence-corrected chi connectivity index (χ0v) is 21.6. The van der Waals surface area contributed by atoms with E-state index in [4.69, 9.17) is 16.3 Å². The van der Waals surface area contributed by atoms with Gasteiger partial charge in [-0.15, -0.1) is 0 Å². The largest absolute Gasteiger partial charge is 0.478 e. The van der Waals surface area contributed by atoms with E-state index in [-0.39, 0.29) is 12.1 Å². The summed E-state index contributed by atoms with van der Waals surface area (Å²) in [5.74, 6) is -0.952. The van der Waals surface area contributed by atoms with Crippen molar-refractivity contribution in [3.63, 3.8) is 0 Å². The Labute approximate surface area is 216 Å². The fourth-order valence-corrected chi connectivity index (χ4v) is 3.83. The number of hydrogen-bond acceptors (Lipinski definition) is 5. The van der Waals surface area contributed by atoms with Gasteiger partial charge in [-0.25, -0.2) is 14.6 Å². The number of rotatable bonds is 8. The summed E-state index contributed by atoms with van der Waals surface area (Å²) in [6.45, 7) is 7.67. The van der Waals surface area contributed by atoms with E-state index in [9.17, 15) is 19.8 Å². The van der Waals surface area contributed by atoms with Crippen molar-refractivity contribution in [3.8, 4) is 11.1 Å². The van der Waals surface area contributed by atoms with Crippen molar-refractivity contribution in [1.82, 2.24) is 9.88 Å². The molecule has 0 aliphatic carbocycles. The van der Waals surface area contributed by atoms with Crippen LogP contribution in [0.4, 0.5) is 4.79 Å². The van der Waals surface area contributed by atoms with Crippen molar-refractivity contribution in [3.05, 3.63) is 88.2 Å². The molecule has 0 aliphatic heterocycles. The highest BCUT2D eigenvalue weighted by Gasteiger charge is 2.24. The molecule has 190 valence electrons. The highest BCUT2D eigenvalue weighted by molar-refractivity contribution is 6.29. The SMILES string of the molecule is Cc1cc(C(=O)O)ccc1-c1ccc(CCN(C[C@H](O)c2ccc(Cl)nc2)C(=O)OC(C)(C)C)cc1. The van der Waals surface area contributed by atoms with Gasteiger partial charge in [0.05, 0.1) is 18.2 Å². The molecule has 0 saturated heterocycles. The number of carboxylic acids is 1. The minimum absolute atomic E-state index is 0.0471. The number of carbonyl (C=O) groups excluding carboxylic acids is 1. The van der Waals surface area contributed by atoms with Crippen LogP contribution in [0.1, 0.15) is 53.9 Å². The second kappa shape index (κ2) is 11.5. The first-order valence-electron chi connectivity index (χ1n) is 11.6. The molecule has 7 nitrogen and oxygen atoms in total. The van der Waals surface area contributed by atoms with Gasteiger partial charge in [-0.3, -0.25) is 0 Å². The van der Waals surface area contributed by atoms with Crippen LogP contribution in [0.25, 0.3) is 11.1 Å². The van der Waals surface area contributed by atoms with Gasteiger partial charge >= 0.3 is 12.1 Å². The Hall–Kier alpha value is -3.42. The number of hydrogen-bond donors (Lipinski definition) is 2. The maximum Gasteiger partial charge on any atom is 0.410 e. The second-order valence-corrected chi connectivity index (χ2v) is 10.0. The summed E-state index contributed by atoms with van der Waals surface area (Å²) < 4.78 is 5.56. The molecular formula is C28H31ClN2O5. The van der Waals surface area contributed by atoms with Crippen molar-refractivity contribution < 1.29 is 24.5 Å². The van der Waals surface area contributed by atoms with E-state index in [0.29, 0.717) is 23.7 Å². The lowest BCUT2D eigenvalue weighted by Crippen LogP contribution is -2.40. The first kappa shape index (κ1) is 27.2. The molecule has 36 heavy (non-hydrogen) atoms. The van der Waals surface area contributed by atoms with Gasteiger partial charge in [-0.05, 0) is 74.6 Å². The zero-order chi connectivity index (χ0) is 26.5. The smallest absolute Gasteiger partial charge is 0.410 e. The average molecular weight is 511 g/mol. The van der Waals surface area contributed by atoms with Crippen molar-refractivity contribution >= 4 is 23.7 Å². The predicted molar refractivity (Wildman–Crippen MR) is 139 cm³/mol. The molecule has 0 saturated carbocycles. The molecule has 1 atom stereocenters. The Balaban J connectivity index is 1.72. The summed E-state index contributed by atoms with van der Waals surface area (Å²) >= 11 is 5.84. The maximum absolute atomic E-state index is 12.9. The summed E-state index contributed by atoms with van der Waals surface area (Å²) in [5.41, 5.74) is 3.97. The molecule has 0 bridgehead atoms. The van der Waals surface area contributed by atoms with Crippen LogP contribution in [-0.4, -0.2) is 50.9 Å². The topological polar surface area (TPSA) is 100.0 Å². The van der Waals surface area contributed by atoms with Crippen molar-refractivity contribution in [2.75, 3.05) is 13.1 Å². The van der Waals surface area contributed by atoms with Crippen LogP contribution in [-0.2, 0) is 11.2 Å². The quantitative estimate of drug-likeness (QED) is 0.365. The van der Waals surface area contributed by atoms with E-state index in [0.717, 1.165) is 22.3 Å². The van der Waals surface area contributed by atoms with E-state index in [2.05, 4.69) is 4.98 Å². The summed E-state index contributed by atoms with van der Waals surface area (Å²) in [6, 6.07) is 16.2. The number of carbonyl (C=O) groups is 2. The first-order chi connectivity index (χ1) is 16.9. The van der Waals surface area contributed by atoms with E-state index in [1.54, 1.807) is 45.0 Å². The number of aryl methyl sites for hydroxylation is 1. The number of aromatic nitrogens is 1. The normalized spacial score (nSPS) is 12.2. The number of aliphatic hydroxyl groups excluding tert-OH is 1. The summed E-state index contributed by atoms with van der Waals surface area (Å²) in [7, 11) is 0. The Morgan fingerprint density at radius 2 is 1.78 bits per heavy atom. The van der Waals surface area contributed by atoms with Gasteiger partial charge in [0.2, 0.25) is 0 Å². The number of aliphatic hydroxyl groups is 1. The summed E-state index contributed by atoms with van der Waals surface area (Å²) in [5, 5.41) is 20.2. The third-order valence-electron chi connectivity index (χ3n) is 5.59. The van der Waals surface area contributed by atoms with E-state index in [1.807, 2.05) is 37.3 Å². The molecule has 0 fully saturated rings. The predicted octanol–water partition coefficient (Wildman–Crippen LogP) is 5.92. The molecule has 3 rings (SSSR count). The van der Waals surface area contributed by atoms with E-state index < -0.39 is 23.8 Å². The molecule has 0 spiro atoms. The minimum atomic E-state index is -0.952. The lowest BCUT2D eigenvalue weighted by Gasteiger charge is -2.29. The third-order valence-corrected chi connectivity index (χ3v) is 5.81.